The topological polar surface area (TPSA) is 42.9 Å². The number of hydrogen-bond acceptors (Lipinski definition) is 3. The van der Waals surface area contributed by atoms with Crippen molar-refractivity contribution in [3.63, 3.8) is 0 Å². The van der Waals surface area contributed by atoms with E-state index < -0.39 is 0 Å². The molecule has 0 unspecified atom stereocenters. The molecule has 0 bridgehead atoms. The largest absolute Gasteiger partial charge is 0.245 e. The summed E-state index contributed by atoms with van der Waals surface area (Å²) < 4.78 is -0.00407. The van der Waals surface area contributed by atoms with E-state index in [0.717, 1.165) is 5.56 Å². The van der Waals surface area contributed by atoms with Crippen LogP contribution in [0.15, 0.2) is 55.1 Å². The summed E-state index contributed by atoms with van der Waals surface area (Å²) in [7, 11) is 0. The van der Waals surface area contributed by atoms with E-state index in [-0.39, 0.29) is 4.68 Å². The predicted molar refractivity (Wildman–Crippen MR) is 58.6 cm³/mol. The van der Waals surface area contributed by atoms with Crippen molar-refractivity contribution in [2.24, 2.45) is 0 Å². The summed E-state index contributed by atoms with van der Waals surface area (Å²) in [4.78, 5) is 17.9. The van der Waals surface area contributed by atoms with Crippen molar-refractivity contribution >= 4 is 20.7 Å². The second kappa shape index (κ2) is 6.87. The van der Waals surface area contributed by atoms with Crippen LogP contribution in [0.3, 0.4) is 0 Å². The molecule has 2 rings (SSSR count). The normalized spacial score (nSPS) is 8.53. The SMILES string of the molecule is O=C([Se])c1ccccc1.c1cncnc1. The molecule has 0 saturated heterocycles. The van der Waals surface area contributed by atoms with Gasteiger partial charge in [0.05, 0.1) is 0 Å². The van der Waals surface area contributed by atoms with Crippen LogP contribution in [0.1, 0.15) is 10.4 Å². The molecule has 0 fully saturated rings. The third-order valence-corrected chi connectivity index (χ3v) is 1.98. The van der Waals surface area contributed by atoms with Crippen LogP contribution in [0.5, 0.6) is 0 Å². The van der Waals surface area contributed by atoms with Crippen LogP contribution in [0.4, 0.5) is 0 Å². The van der Waals surface area contributed by atoms with Gasteiger partial charge in [-0.1, -0.05) is 0 Å². The Balaban J connectivity index is 0.000000162. The second-order valence-corrected chi connectivity index (χ2v) is 3.34. The van der Waals surface area contributed by atoms with Crippen LogP contribution in [-0.4, -0.2) is 30.7 Å². The van der Waals surface area contributed by atoms with E-state index >= 15 is 0 Å². The Morgan fingerprint density at radius 2 is 1.60 bits per heavy atom. The Morgan fingerprint density at radius 3 is 1.87 bits per heavy atom. The van der Waals surface area contributed by atoms with Gasteiger partial charge in [-0.3, -0.25) is 0 Å². The summed E-state index contributed by atoms with van der Waals surface area (Å²) in [5, 5.41) is 0. The number of hydrogen-bond donors (Lipinski definition) is 0. The fourth-order valence-corrected chi connectivity index (χ4v) is 1.11. The maximum absolute atomic E-state index is 10.6. The minimum atomic E-state index is -0.00407. The number of carbonyl (C=O) groups excluding carboxylic acids is 1. The molecule has 1 aromatic carbocycles. The van der Waals surface area contributed by atoms with Crippen molar-refractivity contribution < 1.29 is 4.79 Å². The summed E-state index contributed by atoms with van der Waals surface area (Å²) in [6.45, 7) is 0. The maximum Gasteiger partial charge on any atom is 0.115 e. The van der Waals surface area contributed by atoms with E-state index in [2.05, 4.69) is 26.0 Å². The van der Waals surface area contributed by atoms with Crippen LogP contribution >= 0.6 is 0 Å². The van der Waals surface area contributed by atoms with Gasteiger partial charge in [0.1, 0.15) is 6.33 Å². The zero-order valence-corrected chi connectivity index (χ0v) is 9.62. The van der Waals surface area contributed by atoms with Gasteiger partial charge in [-0.25, -0.2) is 9.97 Å². The van der Waals surface area contributed by atoms with Crippen molar-refractivity contribution in [1.29, 1.82) is 0 Å². The Hall–Kier alpha value is -1.51. The zero-order valence-electron chi connectivity index (χ0n) is 7.91. The van der Waals surface area contributed by atoms with Gasteiger partial charge in [-0.15, -0.1) is 0 Å². The third kappa shape index (κ3) is 5.05. The third-order valence-electron chi connectivity index (χ3n) is 1.49. The summed E-state index contributed by atoms with van der Waals surface area (Å²) in [5.41, 5.74) is 0.720. The molecule has 0 N–H and O–H groups in total. The molecule has 1 heterocycles. The van der Waals surface area contributed by atoms with Crippen molar-refractivity contribution in [3.05, 3.63) is 60.7 Å². The van der Waals surface area contributed by atoms with Gasteiger partial charge >= 0.3 is 61.4 Å². The number of carbonyl (C=O) groups is 1. The van der Waals surface area contributed by atoms with E-state index in [4.69, 9.17) is 0 Å². The van der Waals surface area contributed by atoms with Crippen molar-refractivity contribution in [3.8, 4) is 0 Å². The molecule has 0 aliphatic rings. The van der Waals surface area contributed by atoms with Crippen LogP contribution in [0.2, 0.25) is 0 Å². The molecule has 1 radical (unpaired) electrons. The molecule has 0 atom stereocenters. The molecule has 3 nitrogen and oxygen atoms in total. The first-order valence-corrected chi connectivity index (χ1v) is 5.12. The maximum atomic E-state index is 10.6. The molecule has 0 saturated carbocycles. The molecule has 0 spiro atoms. The zero-order chi connectivity index (χ0) is 10.9. The second-order valence-electron chi connectivity index (χ2n) is 2.56. The first-order valence-electron chi connectivity index (χ1n) is 4.27. The number of aromatic nitrogens is 2. The Labute approximate surface area is 96.4 Å². The first-order chi connectivity index (χ1) is 7.30. The summed E-state index contributed by atoms with van der Waals surface area (Å²) in [6, 6.07) is 10.9. The fraction of sp³-hybridized carbons (Fsp3) is 0. The molecule has 0 aliphatic heterocycles. The molecule has 75 valence electrons. The molecule has 0 aliphatic carbocycles. The number of nitrogens with zero attached hydrogens (tertiary/aromatic N) is 2. The quantitative estimate of drug-likeness (QED) is 0.732. The molecule has 15 heavy (non-hydrogen) atoms. The number of rotatable bonds is 1. The van der Waals surface area contributed by atoms with Crippen molar-refractivity contribution in [1.82, 2.24) is 9.97 Å². The standard InChI is InChI=1S/C7H5OSe.C4H4N2/c8-7(9)6-4-2-1-3-5-6;1-2-5-4-6-3-1/h1-5H;1-4H. The minimum Gasteiger partial charge on any atom is -0.245 e. The predicted octanol–water partition coefficient (Wildman–Crippen LogP) is 1.47. The average Bonchev–Trinajstić information content (AvgIpc) is 2.33. The smallest absolute Gasteiger partial charge is 0.115 e. The monoisotopic (exact) mass is 265 g/mol. The summed E-state index contributed by atoms with van der Waals surface area (Å²) >= 11 is 2.42. The fourth-order valence-electron chi connectivity index (χ4n) is 0.828. The van der Waals surface area contributed by atoms with Gasteiger partial charge in [0.15, 0.2) is 0 Å². The van der Waals surface area contributed by atoms with Gasteiger partial charge in [0.25, 0.3) is 0 Å². The number of benzene rings is 1. The summed E-state index contributed by atoms with van der Waals surface area (Å²) in [6.07, 6.45) is 4.88. The van der Waals surface area contributed by atoms with E-state index in [1.54, 1.807) is 30.6 Å². The van der Waals surface area contributed by atoms with Crippen LogP contribution < -0.4 is 0 Å². The van der Waals surface area contributed by atoms with Crippen molar-refractivity contribution in [2.45, 2.75) is 0 Å². The molecule has 2 aromatic rings. The van der Waals surface area contributed by atoms with E-state index in [1.807, 2.05) is 18.2 Å². The molecule has 4 heteroatoms. The molecule has 0 amide bonds. The van der Waals surface area contributed by atoms with E-state index in [9.17, 15) is 4.79 Å². The van der Waals surface area contributed by atoms with Gasteiger partial charge in [0.2, 0.25) is 0 Å². The minimum absolute atomic E-state index is 0.00407. The van der Waals surface area contributed by atoms with Gasteiger partial charge in [-0.05, 0) is 6.07 Å². The van der Waals surface area contributed by atoms with E-state index in [1.165, 1.54) is 6.33 Å². The first kappa shape index (κ1) is 11.6. The van der Waals surface area contributed by atoms with Crippen LogP contribution in [-0.2, 0) is 0 Å². The van der Waals surface area contributed by atoms with Gasteiger partial charge < -0.3 is 0 Å². The Morgan fingerprint density at radius 1 is 1.00 bits per heavy atom. The Bertz CT molecular complexity index is 365. The molecular weight excluding hydrogens is 255 g/mol. The molecular formula is C11H9N2OSe. The average molecular weight is 264 g/mol. The van der Waals surface area contributed by atoms with Gasteiger partial charge in [-0.2, -0.15) is 0 Å². The van der Waals surface area contributed by atoms with Crippen LogP contribution in [0.25, 0.3) is 0 Å². The Kier molecular flexibility index (Phi) is 5.30. The van der Waals surface area contributed by atoms with E-state index in [0.29, 0.717) is 0 Å². The summed E-state index contributed by atoms with van der Waals surface area (Å²) in [5.74, 6) is 0. The van der Waals surface area contributed by atoms with Crippen LogP contribution in [0, 0.1) is 0 Å². The van der Waals surface area contributed by atoms with Crippen molar-refractivity contribution in [2.75, 3.05) is 0 Å². The molecule has 1 aromatic heterocycles. The van der Waals surface area contributed by atoms with Gasteiger partial charge in [0, 0.05) is 12.4 Å².